The van der Waals surface area contributed by atoms with Crippen molar-refractivity contribution in [1.82, 2.24) is 0 Å². The molecule has 0 spiro atoms. The standard InChI is InChI=1S/C7H11NO/c1-5(9)7-3-2-6(7)4-8/h5-7,9H,2-3H2,1H3. The number of hydrogen-bond acceptors (Lipinski definition) is 2. The lowest BCUT2D eigenvalue weighted by Crippen LogP contribution is -2.33. The van der Waals surface area contributed by atoms with E-state index in [-0.39, 0.29) is 17.9 Å². The summed E-state index contributed by atoms with van der Waals surface area (Å²) in [6.07, 6.45) is 1.71. The Morgan fingerprint density at radius 3 is 2.44 bits per heavy atom. The van der Waals surface area contributed by atoms with Crippen molar-refractivity contribution in [3.63, 3.8) is 0 Å². The highest BCUT2D eigenvalue weighted by Gasteiger charge is 2.33. The maximum atomic E-state index is 9.02. The van der Waals surface area contributed by atoms with Gasteiger partial charge in [-0.3, -0.25) is 0 Å². The van der Waals surface area contributed by atoms with Gasteiger partial charge in [0.05, 0.1) is 18.1 Å². The Labute approximate surface area is 55.1 Å². The predicted molar refractivity (Wildman–Crippen MR) is 33.5 cm³/mol. The molecule has 0 heterocycles. The molecule has 0 aromatic heterocycles. The molecule has 3 atom stereocenters. The van der Waals surface area contributed by atoms with Crippen LogP contribution in [0.2, 0.25) is 0 Å². The first-order valence-electron chi connectivity index (χ1n) is 3.33. The fraction of sp³-hybridized carbons (Fsp3) is 0.857. The van der Waals surface area contributed by atoms with Crippen molar-refractivity contribution in [2.24, 2.45) is 11.8 Å². The Morgan fingerprint density at radius 2 is 2.33 bits per heavy atom. The molecule has 0 radical (unpaired) electrons. The zero-order valence-corrected chi connectivity index (χ0v) is 5.54. The number of hydrogen-bond donors (Lipinski definition) is 1. The van der Waals surface area contributed by atoms with Crippen LogP contribution < -0.4 is 0 Å². The van der Waals surface area contributed by atoms with E-state index >= 15 is 0 Å². The van der Waals surface area contributed by atoms with E-state index in [9.17, 15) is 0 Å². The topological polar surface area (TPSA) is 44.0 Å². The summed E-state index contributed by atoms with van der Waals surface area (Å²) in [5.41, 5.74) is 0. The summed E-state index contributed by atoms with van der Waals surface area (Å²) in [5.74, 6) is 0.389. The van der Waals surface area contributed by atoms with Gasteiger partial charge in [0, 0.05) is 5.92 Å². The van der Waals surface area contributed by atoms with Crippen LogP contribution in [-0.4, -0.2) is 11.2 Å². The summed E-state index contributed by atoms with van der Waals surface area (Å²) >= 11 is 0. The van der Waals surface area contributed by atoms with Crippen LogP contribution in [-0.2, 0) is 0 Å². The van der Waals surface area contributed by atoms with E-state index in [0.29, 0.717) is 0 Å². The third-order valence-corrected chi connectivity index (χ3v) is 2.11. The molecule has 1 rings (SSSR count). The van der Waals surface area contributed by atoms with Gasteiger partial charge in [0.2, 0.25) is 0 Å². The molecule has 1 aliphatic carbocycles. The Bertz CT molecular complexity index is 136. The molecule has 0 bridgehead atoms. The van der Waals surface area contributed by atoms with Gasteiger partial charge in [-0.15, -0.1) is 0 Å². The molecule has 1 saturated carbocycles. The third-order valence-electron chi connectivity index (χ3n) is 2.11. The van der Waals surface area contributed by atoms with Crippen LogP contribution in [0.5, 0.6) is 0 Å². The Hall–Kier alpha value is -0.550. The number of nitrogens with zero attached hydrogens (tertiary/aromatic N) is 1. The van der Waals surface area contributed by atoms with E-state index in [0.717, 1.165) is 12.8 Å². The Morgan fingerprint density at radius 1 is 1.67 bits per heavy atom. The molecule has 1 N–H and O–H groups in total. The Kier molecular flexibility index (Phi) is 1.73. The number of aliphatic hydroxyl groups is 1. The summed E-state index contributed by atoms with van der Waals surface area (Å²) in [6.45, 7) is 1.76. The second-order valence-corrected chi connectivity index (χ2v) is 2.72. The van der Waals surface area contributed by atoms with Gasteiger partial charge < -0.3 is 5.11 Å². The van der Waals surface area contributed by atoms with E-state index in [1.165, 1.54) is 0 Å². The van der Waals surface area contributed by atoms with Crippen molar-refractivity contribution in [2.45, 2.75) is 25.9 Å². The minimum absolute atomic E-state index is 0.130. The van der Waals surface area contributed by atoms with Gasteiger partial charge in [0.15, 0.2) is 0 Å². The van der Waals surface area contributed by atoms with Crippen molar-refractivity contribution in [1.29, 1.82) is 5.26 Å². The smallest absolute Gasteiger partial charge is 0.0659 e. The van der Waals surface area contributed by atoms with Crippen molar-refractivity contribution in [3.05, 3.63) is 0 Å². The van der Waals surface area contributed by atoms with Crippen LogP contribution in [0.4, 0.5) is 0 Å². The minimum atomic E-state index is -0.289. The van der Waals surface area contributed by atoms with Crippen molar-refractivity contribution in [3.8, 4) is 6.07 Å². The monoisotopic (exact) mass is 125 g/mol. The summed E-state index contributed by atoms with van der Waals surface area (Å²) in [7, 11) is 0. The van der Waals surface area contributed by atoms with Gasteiger partial charge in [-0.25, -0.2) is 0 Å². The van der Waals surface area contributed by atoms with Gasteiger partial charge in [-0.05, 0) is 19.8 Å². The second kappa shape index (κ2) is 2.36. The first-order valence-corrected chi connectivity index (χ1v) is 3.33. The lowest BCUT2D eigenvalue weighted by molar-refractivity contribution is 0.0486. The summed E-state index contributed by atoms with van der Waals surface area (Å²) < 4.78 is 0. The van der Waals surface area contributed by atoms with Crippen LogP contribution >= 0.6 is 0 Å². The Balaban J connectivity index is 2.38. The molecule has 0 saturated heterocycles. The van der Waals surface area contributed by atoms with Crippen molar-refractivity contribution in [2.75, 3.05) is 0 Å². The first-order chi connectivity index (χ1) is 4.25. The van der Waals surface area contributed by atoms with Crippen LogP contribution in [0.3, 0.4) is 0 Å². The molecule has 3 unspecified atom stereocenters. The maximum absolute atomic E-state index is 9.02. The third kappa shape index (κ3) is 1.06. The average Bonchev–Trinajstić information content (AvgIpc) is 1.61. The molecule has 1 aliphatic rings. The maximum Gasteiger partial charge on any atom is 0.0659 e. The highest BCUT2D eigenvalue weighted by Crippen LogP contribution is 2.35. The largest absolute Gasteiger partial charge is 0.393 e. The van der Waals surface area contributed by atoms with E-state index in [1.54, 1.807) is 6.92 Å². The molecule has 0 aromatic carbocycles. The number of rotatable bonds is 1. The van der Waals surface area contributed by atoms with Crippen LogP contribution in [0.15, 0.2) is 0 Å². The first kappa shape index (κ1) is 6.57. The van der Waals surface area contributed by atoms with Crippen LogP contribution in [0, 0.1) is 23.2 Å². The quantitative estimate of drug-likeness (QED) is 0.566. The van der Waals surface area contributed by atoms with Crippen molar-refractivity contribution < 1.29 is 5.11 Å². The zero-order chi connectivity index (χ0) is 6.85. The molecule has 0 aliphatic heterocycles. The van der Waals surface area contributed by atoms with E-state index in [1.807, 2.05) is 0 Å². The van der Waals surface area contributed by atoms with Crippen LogP contribution in [0.1, 0.15) is 19.8 Å². The van der Waals surface area contributed by atoms with E-state index in [4.69, 9.17) is 10.4 Å². The van der Waals surface area contributed by atoms with Crippen LogP contribution in [0.25, 0.3) is 0 Å². The van der Waals surface area contributed by atoms with E-state index in [2.05, 4.69) is 6.07 Å². The summed E-state index contributed by atoms with van der Waals surface area (Å²) in [4.78, 5) is 0. The number of aliphatic hydroxyl groups excluding tert-OH is 1. The minimum Gasteiger partial charge on any atom is -0.393 e. The molecule has 0 aromatic rings. The summed E-state index contributed by atoms with van der Waals surface area (Å²) in [5, 5.41) is 17.5. The van der Waals surface area contributed by atoms with Gasteiger partial charge in [-0.1, -0.05) is 0 Å². The van der Waals surface area contributed by atoms with Gasteiger partial charge >= 0.3 is 0 Å². The molecular formula is C7H11NO. The fourth-order valence-corrected chi connectivity index (χ4v) is 1.26. The SMILES string of the molecule is CC(O)C1CCC1C#N. The second-order valence-electron chi connectivity index (χ2n) is 2.72. The normalized spacial score (nSPS) is 36.6. The molecule has 1 fully saturated rings. The summed E-state index contributed by atoms with van der Waals surface area (Å²) in [6, 6.07) is 2.17. The lowest BCUT2D eigenvalue weighted by atomic mass is 9.72. The predicted octanol–water partition coefficient (Wildman–Crippen LogP) is 0.917. The average molecular weight is 125 g/mol. The highest BCUT2D eigenvalue weighted by atomic mass is 16.3. The molecule has 2 nitrogen and oxygen atoms in total. The lowest BCUT2D eigenvalue weighted by Gasteiger charge is -2.33. The van der Waals surface area contributed by atoms with E-state index < -0.39 is 0 Å². The molecule has 2 heteroatoms. The fourth-order valence-electron chi connectivity index (χ4n) is 1.26. The highest BCUT2D eigenvalue weighted by molar-refractivity contribution is 4.97. The zero-order valence-electron chi connectivity index (χ0n) is 5.54. The molecular weight excluding hydrogens is 114 g/mol. The van der Waals surface area contributed by atoms with Gasteiger partial charge in [0.1, 0.15) is 0 Å². The van der Waals surface area contributed by atoms with Crippen molar-refractivity contribution >= 4 is 0 Å². The molecule has 50 valence electrons. The van der Waals surface area contributed by atoms with Gasteiger partial charge in [0.25, 0.3) is 0 Å². The molecule has 0 amide bonds. The molecule has 9 heavy (non-hydrogen) atoms. The number of nitriles is 1. The van der Waals surface area contributed by atoms with Gasteiger partial charge in [-0.2, -0.15) is 5.26 Å².